The van der Waals surface area contributed by atoms with E-state index in [1.807, 2.05) is 36.4 Å². The lowest BCUT2D eigenvalue weighted by molar-refractivity contribution is -0.141. The van der Waals surface area contributed by atoms with Crippen molar-refractivity contribution < 1.29 is 23.9 Å². The number of benzene rings is 3. The van der Waals surface area contributed by atoms with Gasteiger partial charge < -0.3 is 20.5 Å². The first-order chi connectivity index (χ1) is 18.9. The van der Waals surface area contributed by atoms with Crippen molar-refractivity contribution in [2.45, 2.75) is 5.92 Å². The Kier molecular flexibility index (Phi) is 10.4. The predicted molar refractivity (Wildman–Crippen MR) is 155 cm³/mol. The molecule has 0 unspecified atom stereocenters. The van der Waals surface area contributed by atoms with E-state index in [1.165, 1.54) is 18.1 Å². The summed E-state index contributed by atoms with van der Waals surface area (Å²) < 4.78 is 10.4. The number of esters is 1. The minimum atomic E-state index is -0.669. The average Bonchev–Trinajstić information content (AvgIpc) is 3.28. The fourth-order valence-corrected chi connectivity index (χ4v) is 4.46. The van der Waals surface area contributed by atoms with Crippen LogP contribution in [0.4, 0.5) is 4.79 Å². The number of nitrogen functional groups attached to an aromatic ring is 1. The third kappa shape index (κ3) is 7.27. The lowest BCUT2D eigenvalue weighted by atomic mass is 9.98. The van der Waals surface area contributed by atoms with E-state index in [-0.39, 0.29) is 56.3 Å². The molecular formula is C30H31ClN4O5. The summed E-state index contributed by atoms with van der Waals surface area (Å²) in [4.78, 5) is 38.4. The Morgan fingerprint density at radius 1 is 0.975 bits per heavy atom. The third-order valence-electron chi connectivity index (χ3n) is 6.47. The summed E-state index contributed by atoms with van der Waals surface area (Å²) in [6.45, 7) is -0.0320. The first-order valence-corrected chi connectivity index (χ1v) is 12.4. The van der Waals surface area contributed by atoms with Crippen LogP contribution in [-0.4, -0.2) is 62.1 Å². The quantitative estimate of drug-likeness (QED) is 0.148. The molecule has 2 amide bonds. The van der Waals surface area contributed by atoms with Crippen LogP contribution >= 0.6 is 12.4 Å². The molecule has 0 heterocycles. The Morgan fingerprint density at radius 2 is 1.57 bits per heavy atom. The highest BCUT2D eigenvalue weighted by Gasteiger charge is 2.30. The lowest BCUT2D eigenvalue weighted by Crippen LogP contribution is -2.42. The van der Waals surface area contributed by atoms with E-state index in [0.29, 0.717) is 5.56 Å². The largest absolute Gasteiger partial charge is 0.468 e. The van der Waals surface area contributed by atoms with Gasteiger partial charge in [0.25, 0.3) is 0 Å². The Bertz CT molecular complexity index is 1360. The number of hydrogen-bond donors (Lipinski definition) is 3. The Labute approximate surface area is 238 Å². The van der Waals surface area contributed by atoms with E-state index in [1.54, 1.807) is 30.3 Å². The van der Waals surface area contributed by atoms with E-state index in [4.69, 9.17) is 20.6 Å². The molecule has 208 valence electrons. The van der Waals surface area contributed by atoms with Gasteiger partial charge in [0, 0.05) is 30.6 Å². The first kappa shape index (κ1) is 29.9. The molecule has 0 atom stereocenters. The van der Waals surface area contributed by atoms with E-state index >= 15 is 0 Å². The zero-order chi connectivity index (χ0) is 27.8. The molecule has 0 aliphatic heterocycles. The molecule has 3 aromatic rings. The van der Waals surface area contributed by atoms with Crippen LogP contribution in [0.2, 0.25) is 0 Å². The minimum Gasteiger partial charge on any atom is -0.468 e. The molecule has 1 aliphatic carbocycles. The van der Waals surface area contributed by atoms with Crippen LogP contribution in [-0.2, 0) is 19.1 Å². The fourth-order valence-electron chi connectivity index (χ4n) is 4.46. The van der Waals surface area contributed by atoms with Crippen molar-refractivity contribution in [2.24, 2.45) is 5.73 Å². The van der Waals surface area contributed by atoms with Crippen molar-refractivity contribution in [1.29, 1.82) is 5.41 Å². The minimum absolute atomic E-state index is 0. The zero-order valence-corrected chi connectivity index (χ0v) is 22.8. The summed E-state index contributed by atoms with van der Waals surface area (Å²) in [5, 5.41) is 10.1. The highest BCUT2D eigenvalue weighted by molar-refractivity contribution is 5.95. The maximum atomic E-state index is 13.0. The van der Waals surface area contributed by atoms with Gasteiger partial charge in [0.15, 0.2) is 0 Å². The van der Waals surface area contributed by atoms with Crippen molar-refractivity contribution in [3.63, 3.8) is 0 Å². The number of nitrogens with zero attached hydrogens (tertiary/aromatic N) is 1. The molecule has 0 saturated heterocycles. The van der Waals surface area contributed by atoms with Gasteiger partial charge in [-0.2, -0.15) is 0 Å². The van der Waals surface area contributed by atoms with Gasteiger partial charge in [0.1, 0.15) is 19.0 Å². The first-order valence-electron chi connectivity index (χ1n) is 12.4. The number of carbonyl (C=O) groups excluding carboxylic acids is 3. The van der Waals surface area contributed by atoms with E-state index in [0.717, 1.165) is 27.8 Å². The van der Waals surface area contributed by atoms with Gasteiger partial charge in [-0.1, -0.05) is 72.8 Å². The summed E-state index contributed by atoms with van der Waals surface area (Å²) in [5.74, 6) is -1.10. The smallest absolute Gasteiger partial charge is 0.410 e. The molecular weight excluding hydrogens is 532 g/mol. The van der Waals surface area contributed by atoms with E-state index < -0.39 is 12.1 Å². The Morgan fingerprint density at radius 3 is 2.15 bits per heavy atom. The number of carbonyl (C=O) groups is 3. The van der Waals surface area contributed by atoms with Crippen LogP contribution in [0.1, 0.15) is 28.2 Å². The highest BCUT2D eigenvalue weighted by Crippen LogP contribution is 2.44. The third-order valence-corrected chi connectivity index (χ3v) is 6.47. The molecule has 40 heavy (non-hydrogen) atoms. The van der Waals surface area contributed by atoms with Crippen LogP contribution in [0.25, 0.3) is 17.2 Å². The SMILES string of the molecule is COC(=O)CN(CCNC(=O)C=Cc1ccc(C(=N)N)cc1)C(=O)OCC1c2ccccc2-c2ccccc21.Cl. The second kappa shape index (κ2) is 14.0. The number of amidine groups is 1. The number of fused-ring (bicyclic) bond motifs is 3. The van der Waals surface area contributed by atoms with E-state index in [9.17, 15) is 14.4 Å². The van der Waals surface area contributed by atoms with Gasteiger partial charge in [-0.15, -0.1) is 12.4 Å². The van der Waals surface area contributed by atoms with Gasteiger partial charge in [-0.3, -0.25) is 19.9 Å². The normalized spacial score (nSPS) is 11.6. The van der Waals surface area contributed by atoms with Gasteiger partial charge in [-0.05, 0) is 33.9 Å². The number of rotatable bonds is 10. The molecule has 0 fully saturated rings. The Hall–Kier alpha value is -4.63. The highest BCUT2D eigenvalue weighted by atomic mass is 35.5. The molecule has 1 aliphatic rings. The summed E-state index contributed by atoms with van der Waals surface area (Å²) in [6.07, 6.45) is 2.31. The van der Waals surface area contributed by atoms with Gasteiger partial charge >= 0.3 is 12.1 Å². The van der Waals surface area contributed by atoms with Crippen molar-refractivity contribution >= 4 is 42.3 Å². The van der Waals surface area contributed by atoms with Crippen molar-refractivity contribution in [1.82, 2.24) is 10.2 Å². The monoisotopic (exact) mass is 562 g/mol. The molecule has 0 spiro atoms. The number of amides is 2. The second-order valence-electron chi connectivity index (χ2n) is 8.96. The van der Waals surface area contributed by atoms with Crippen LogP contribution < -0.4 is 11.1 Å². The number of nitrogens with two attached hydrogens (primary N) is 1. The van der Waals surface area contributed by atoms with Crippen LogP contribution in [0.3, 0.4) is 0 Å². The molecule has 0 saturated carbocycles. The Balaban J connectivity index is 0.00000441. The lowest BCUT2D eigenvalue weighted by Gasteiger charge is -2.22. The molecule has 4 rings (SSSR count). The van der Waals surface area contributed by atoms with Crippen LogP contribution in [0, 0.1) is 5.41 Å². The summed E-state index contributed by atoms with van der Waals surface area (Å²) >= 11 is 0. The number of nitrogens with one attached hydrogen (secondary N) is 2. The van der Waals surface area contributed by atoms with Gasteiger partial charge in [-0.25, -0.2) is 4.79 Å². The standard InChI is InChI=1S/C30H30N4O5.ClH/c1-38-28(36)18-34(17-16-33-27(35)15-12-20-10-13-21(14-11-20)29(31)32)30(37)39-19-26-24-8-4-2-6-22(24)23-7-3-5-9-25(23)26;/h2-15,26H,16-19H2,1H3,(H3,31,32)(H,33,35);1H. The number of hydrogen-bond acceptors (Lipinski definition) is 6. The topological polar surface area (TPSA) is 135 Å². The number of methoxy groups -OCH3 is 1. The molecule has 0 radical (unpaired) electrons. The molecule has 3 aromatic carbocycles. The van der Waals surface area contributed by atoms with Crippen LogP contribution in [0.5, 0.6) is 0 Å². The summed E-state index contributed by atoms with van der Waals surface area (Å²) in [6, 6.07) is 22.9. The van der Waals surface area contributed by atoms with Crippen molar-refractivity contribution in [2.75, 3.05) is 33.4 Å². The fraction of sp³-hybridized carbons (Fsp3) is 0.200. The molecule has 0 bridgehead atoms. The molecule has 10 heteroatoms. The van der Waals surface area contributed by atoms with Gasteiger partial charge in [0.2, 0.25) is 5.91 Å². The van der Waals surface area contributed by atoms with Crippen molar-refractivity contribution in [3.05, 3.63) is 101 Å². The van der Waals surface area contributed by atoms with Crippen molar-refractivity contribution in [3.8, 4) is 11.1 Å². The molecule has 4 N–H and O–H groups in total. The maximum absolute atomic E-state index is 13.0. The predicted octanol–water partition coefficient (Wildman–Crippen LogP) is 3.95. The number of halogens is 1. The average molecular weight is 563 g/mol. The van der Waals surface area contributed by atoms with E-state index in [2.05, 4.69) is 17.4 Å². The molecule has 9 nitrogen and oxygen atoms in total. The summed E-state index contributed by atoms with van der Waals surface area (Å²) in [7, 11) is 1.24. The zero-order valence-electron chi connectivity index (χ0n) is 22.0. The molecule has 0 aromatic heterocycles. The maximum Gasteiger partial charge on any atom is 0.410 e. The van der Waals surface area contributed by atoms with Crippen LogP contribution in [0.15, 0.2) is 78.9 Å². The van der Waals surface area contributed by atoms with Gasteiger partial charge in [0.05, 0.1) is 7.11 Å². The number of ether oxygens (including phenoxy) is 2. The second-order valence-corrected chi connectivity index (χ2v) is 8.96. The summed E-state index contributed by atoms with van der Waals surface area (Å²) in [5.41, 5.74) is 11.2.